The molecule has 10 heteroatoms. The SMILES string of the molecule is C[C@H](Nc1nc(O)nc(N)c1C#N)c1nc2ccn(C)c2cc1-c1ccnn1C. The van der Waals surface area contributed by atoms with Gasteiger partial charge in [0.05, 0.1) is 28.5 Å². The summed E-state index contributed by atoms with van der Waals surface area (Å²) in [4.78, 5) is 12.4. The number of aromatic hydroxyl groups is 1. The molecule has 4 aromatic heterocycles. The maximum absolute atomic E-state index is 9.70. The summed E-state index contributed by atoms with van der Waals surface area (Å²) in [6.45, 7) is 1.90. The molecule has 0 aromatic carbocycles. The lowest BCUT2D eigenvalue weighted by molar-refractivity contribution is 0.432. The van der Waals surface area contributed by atoms with E-state index in [-0.39, 0.29) is 23.2 Å². The summed E-state index contributed by atoms with van der Waals surface area (Å²) in [7, 11) is 3.83. The van der Waals surface area contributed by atoms with Crippen LogP contribution in [0.4, 0.5) is 11.6 Å². The zero-order valence-electron chi connectivity index (χ0n) is 16.1. The lowest BCUT2D eigenvalue weighted by Gasteiger charge is -2.19. The van der Waals surface area contributed by atoms with Gasteiger partial charge in [0.2, 0.25) is 0 Å². The first kappa shape index (κ1) is 18.2. The first-order valence-electron chi connectivity index (χ1n) is 8.86. The Labute approximate surface area is 166 Å². The number of hydrogen-bond acceptors (Lipinski definition) is 8. The van der Waals surface area contributed by atoms with Crippen molar-refractivity contribution < 1.29 is 5.11 Å². The highest BCUT2D eigenvalue weighted by Gasteiger charge is 2.21. The van der Waals surface area contributed by atoms with Gasteiger partial charge in [-0.3, -0.25) is 4.68 Å². The van der Waals surface area contributed by atoms with Crippen molar-refractivity contribution in [2.75, 3.05) is 11.1 Å². The predicted molar refractivity (Wildman–Crippen MR) is 108 cm³/mol. The van der Waals surface area contributed by atoms with Crippen LogP contribution >= 0.6 is 0 Å². The molecule has 29 heavy (non-hydrogen) atoms. The number of fused-ring (bicyclic) bond motifs is 1. The van der Waals surface area contributed by atoms with Crippen molar-refractivity contribution in [1.29, 1.82) is 5.26 Å². The number of pyridine rings is 1. The first-order valence-corrected chi connectivity index (χ1v) is 8.86. The minimum absolute atomic E-state index is 0.0672. The van der Waals surface area contributed by atoms with Crippen LogP contribution in [-0.4, -0.2) is 34.4 Å². The molecule has 0 fully saturated rings. The quantitative estimate of drug-likeness (QED) is 0.481. The Hall–Kier alpha value is -4.13. The number of aryl methyl sites for hydroxylation is 2. The Bertz CT molecular complexity index is 1260. The molecule has 0 aliphatic carbocycles. The summed E-state index contributed by atoms with van der Waals surface area (Å²) in [5.74, 6) is 0.0592. The molecule has 0 saturated heterocycles. The van der Waals surface area contributed by atoms with Crippen molar-refractivity contribution >= 4 is 22.7 Å². The van der Waals surface area contributed by atoms with Crippen molar-refractivity contribution in [3.63, 3.8) is 0 Å². The summed E-state index contributed by atoms with van der Waals surface area (Å²) in [6.07, 6.45) is 3.67. The van der Waals surface area contributed by atoms with Crippen molar-refractivity contribution in [3.05, 3.63) is 41.9 Å². The van der Waals surface area contributed by atoms with E-state index in [0.717, 1.165) is 28.0 Å². The van der Waals surface area contributed by atoms with E-state index in [1.807, 2.05) is 50.0 Å². The van der Waals surface area contributed by atoms with Crippen LogP contribution in [0.3, 0.4) is 0 Å². The fourth-order valence-electron chi connectivity index (χ4n) is 3.33. The van der Waals surface area contributed by atoms with E-state index in [1.165, 1.54) is 0 Å². The standard InChI is InChI=1S/C19H19N9O/c1-10(23-18-12(9-20)17(21)25-19(29)26-18)16-11(14-4-6-22-28(14)3)8-15-13(24-16)5-7-27(15)2/h4-8,10H,1-3H3,(H4,21,23,25,26,29)/t10-/m0/s1. The second kappa shape index (κ2) is 6.79. The number of nitrogens with one attached hydrogen (secondary N) is 1. The van der Waals surface area contributed by atoms with E-state index in [9.17, 15) is 10.4 Å². The molecular weight excluding hydrogens is 370 g/mol. The summed E-state index contributed by atoms with van der Waals surface area (Å²) < 4.78 is 3.78. The highest BCUT2D eigenvalue weighted by molar-refractivity contribution is 5.82. The van der Waals surface area contributed by atoms with E-state index in [2.05, 4.69) is 26.4 Å². The third-order valence-corrected chi connectivity index (χ3v) is 4.79. The van der Waals surface area contributed by atoms with Crippen molar-refractivity contribution in [3.8, 4) is 23.3 Å². The molecular formula is C19H19N9O. The van der Waals surface area contributed by atoms with Crippen LogP contribution in [0.15, 0.2) is 30.6 Å². The van der Waals surface area contributed by atoms with E-state index < -0.39 is 6.01 Å². The molecule has 1 atom stereocenters. The Morgan fingerprint density at radius 3 is 2.72 bits per heavy atom. The monoisotopic (exact) mass is 389 g/mol. The Balaban J connectivity index is 1.85. The first-order chi connectivity index (χ1) is 13.9. The number of aromatic nitrogens is 6. The number of nitrogen functional groups attached to an aromatic ring is 1. The van der Waals surface area contributed by atoms with Gasteiger partial charge in [-0.05, 0) is 25.1 Å². The van der Waals surface area contributed by atoms with Gasteiger partial charge in [0.1, 0.15) is 11.6 Å². The zero-order valence-corrected chi connectivity index (χ0v) is 16.1. The molecule has 0 aliphatic heterocycles. The van der Waals surface area contributed by atoms with Crippen LogP contribution in [0.2, 0.25) is 0 Å². The molecule has 0 radical (unpaired) electrons. The fraction of sp³-hybridized carbons (Fsp3) is 0.211. The molecule has 4 rings (SSSR count). The number of rotatable bonds is 4. The van der Waals surface area contributed by atoms with Crippen LogP contribution in [0, 0.1) is 11.3 Å². The summed E-state index contributed by atoms with van der Waals surface area (Å²) in [6, 6.07) is 7.02. The van der Waals surface area contributed by atoms with Gasteiger partial charge in [-0.15, -0.1) is 0 Å². The van der Waals surface area contributed by atoms with Gasteiger partial charge >= 0.3 is 6.01 Å². The summed E-state index contributed by atoms with van der Waals surface area (Å²) in [5, 5.41) is 26.5. The minimum Gasteiger partial charge on any atom is -0.479 e. The van der Waals surface area contributed by atoms with E-state index in [0.29, 0.717) is 0 Å². The highest BCUT2D eigenvalue weighted by Crippen LogP contribution is 2.32. The van der Waals surface area contributed by atoms with Gasteiger partial charge in [0.25, 0.3) is 0 Å². The van der Waals surface area contributed by atoms with Crippen molar-refractivity contribution in [2.45, 2.75) is 13.0 Å². The molecule has 10 nitrogen and oxygen atoms in total. The summed E-state index contributed by atoms with van der Waals surface area (Å²) >= 11 is 0. The third kappa shape index (κ3) is 3.08. The van der Waals surface area contributed by atoms with Crippen LogP contribution in [0.5, 0.6) is 6.01 Å². The second-order valence-electron chi connectivity index (χ2n) is 6.70. The maximum Gasteiger partial charge on any atom is 0.317 e. The number of anilines is 2. The van der Waals surface area contributed by atoms with Crippen LogP contribution < -0.4 is 11.1 Å². The molecule has 146 valence electrons. The number of nitriles is 1. The molecule has 4 aromatic rings. The number of nitrogens with two attached hydrogens (primary N) is 1. The average molecular weight is 389 g/mol. The molecule has 0 spiro atoms. The van der Waals surface area contributed by atoms with Crippen LogP contribution in [0.1, 0.15) is 24.2 Å². The van der Waals surface area contributed by atoms with Crippen LogP contribution in [0.25, 0.3) is 22.3 Å². The van der Waals surface area contributed by atoms with Gasteiger partial charge in [0.15, 0.2) is 11.6 Å². The number of nitrogens with zero attached hydrogens (tertiary/aromatic N) is 7. The third-order valence-electron chi connectivity index (χ3n) is 4.79. The smallest absolute Gasteiger partial charge is 0.317 e. The largest absolute Gasteiger partial charge is 0.479 e. The Morgan fingerprint density at radius 2 is 2.03 bits per heavy atom. The highest BCUT2D eigenvalue weighted by atomic mass is 16.3. The Morgan fingerprint density at radius 1 is 1.24 bits per heavy atom. The fourth-order valence-corrected chi connectivity index (χ4v) is 3.33. The zero-order chi connectivity index (χ0) is 20.7. The van der Waals surface area contributed by atoms with Gasteiger partial charge in [-0.2, -0.15) is 20.3 Å². The Kier molecular flexibility index (Phi) is 4.27. The minimum atomic E-state index is -0.505. The molecule has 4 N–H and O–H groups in total. The summed E-state index contributed by atoms with van der Waals surface area (Å²) in [5.41, 5.74) is 10.2. The number of hydrogen-bond donors (Lipinski definition) is 3. The predicted octanol–water partition coefficient (Wildman–Crippen LogP) is 2.10. The topological polar surface area (TPSA) is 143 Å². The van der Waals surface area contributed by atoms with Gasteiger partial charge in [0, 0.05) is 32.1 Å². The van der Waals surface area contributed by atoms with Crippen molar-refractivity contribution in [2.24, 2.45) is 14.1 Å². The van der Waals surface area contributed by atoms with Gasteiger partial charge in [-0.1, -0.05) is 0 Å². The lowest BCUT2D eigenvalue weighted by Crippen LogP contribution is -2.14. The lowest BCUT2D eigenvalue weighted by atomic mass is 10.0. The van der Waals surface area contributed by atoms with E-state index in [4.69, 9.17) is 10.7 Å². The van der Waals surface area contributed by atoms with Gasteiger partial charge < -0.3 is 20.7 Å². The normalized spacial score (nSPS) is 12.1. The average Bonchev–Trinajstić information content (AvgIpc) is 3.26. The molecule has 0 aliphatic rings. The molecule has 0 saturated carbocycles. The molecule has 0 unspecified atom stereocenters. The van der Waals surface area contributed by atoms with Gasteiger partial charge in [-0.25, -0.2) is 4.98 Å². The molecule has 0 amide bonds. The van der Waals surface area contributed by atoms with Crippen LogP contribution in [-0.2, 0) is 14.1 Å². The van der Waals surface area contributed by atoms with E-state index >= 15 is 0 Å². The molecule has 4 heterocycles. The maximum atomic E-state index is 9.70. The van der Waals surface area contributed by atoms with Crippen molar-refractivity contribution in [1.82, 2.24) is 29.3 Å². The second-order valence-corrected chi connectivity index (χ2v) is 6.70. The van der Waals surface area contributed by atoms with E-state index in [1.54, 1.807) is 10.9 Å². The molecule has 0 bridgehead atoms.